The molecule has 2 N–H and O–H groups in total. The standard InChI is InChI=1S/C20H17FN2O4/c1-11-15(10-18(24)25)19(16-9-13(21)6-7-17(16)22-11)23-14-5-3-4-12(8-14)20(26)27-2/h3-9H,10H2,1-2H3,(H,22,23)(H,24,25). The van der Waals surface area contributed by atoms with Crippen molar-refractivity contribution in [2.75, 3.05) is 12.4 Å². The average Bonchev–Trinajstić information content (AvgIpc) is 2.64. The summed E-state index contributed by atoms with van der Waals surface area (Å²) in [6.45, 7) is 1.71. The Morgan fingerprint density at radius 1 is 1.22 bits per heavy atom. The number of benzene rings is 2. The lowest BCUT2D eigenvalue weighted by atomic mass is 10.0. The van der Waals surface area contributed by atoms with Gasteiger partial charge in [0.25, 0.3) is 0 Å². The molecule has 3 aromatic rings. The van der Waals surface area contributed by atoms with E-state index in [9.17, 15) is 19.1 Å². The minimum absolute atomic E-state index is 0.273. The van der Waals surface area contributed by atoms with Gasteiger partial charge in [-0.15, -0.1) is 0 Å². The molecule has 27 heavy (non-hydrogen) atoms. The van der Waals surface area contributed by atoms with Gasteiger partial charge in [-0.2, -0.15) is 0 Å². The van der Waals surface area contributed by atoms with Crippen LogP contribution < -0.4 is 5.32 Å². The number of anilines is 2. The van der Waals surface area contributed by atoms with Gasteiger partial charge in [0.05, 0.1) is 30.3 Å². The Morgan fingerprint density at radius 2 is 2.00 bits per heavy atom. The van der Waals surface area contributed by atoms with E-state index >= 15 is 0 Å². The summed E-state index contributed by atoms with van der Waals surface area (Å²) >= 11 is 0. The molecule has 0 spiro atoms. The highest BCUT2D eigenvalue weighted by molar-refractivity contribution is 5.97. The summed E-state index contributed by atoms with van der Waals surface area (Å²) in [5.41, 5.74) is 2.84. The molecule has 1 heterocycles. The number of carbonyl (C=O) groups excluding carboxylic acids is 1. The van der Waals surface area contributed by atoms with Gasteiger partial charge in [-0.05, 0) is 43.3 Å². The number of hydrogen-bond acceptors (Lipinski definition) is 5. The molecule has 0 bridgehead atoms. The van der Waals surface area contributed by atoms with Gasteiger partial charge >= 0.3 is 11.9 Å². The average molecular weight is 368 g/mol. The number of carboxylic acid groups (broad SMARTS) is 1. The molecule has 2 aromatic carbocycles. The van der Waals surface area contributed by atoms with Crippen LogP contribution in [0.2, 0.25) is 0 Å². The first-order valence-corrected chi connectivity index (χ1v) is 8.15. The lowest BCUT2D eigenvalue weighted by Crippen LogP contribution is -2.09. The SMILES string of the molecule is COC(=O)c1cccc(Nc2c(CC(=O)O)c(C)nc3ccc(F)cc23)c1. The van der Waals surface area contributed by atoms with Gasteiger partial charge in [0.2, 0.25) is 0 Å². The van der Waals surface area contributed by atoms with E-state index in [1.54, 1.807) is 31.2 Å². The highest BCUT2D eigenvalue weighted by atomic mass is 19.1. The fourth-order valence-electron chi connectivity index (χ4n) is 2.89. The van der Waals surface area contributed by atoms with Crippen LogP contribution >= 0.6 is 0 Å². The summed E-state index contributed by atoms with van der Waals surface area (Å²) in [4.78, 5) is 27.5. The summed E-state index contributed by atoms with van der Waals surface area (Å²) in [5.74, 6) is -1.98. The number of methoxy groups -OCH3 is 1. The van der Waals surface area contributed by atoms with Crippen molar-refractivity contribution in [2.24, 2.45) is 0 Å². The number of halogens is 1. The Balaban J connectivity index is 2.17. The number of aliphatic carboxylic acids is 1. The lowest BCUT2D eigenvalue weighted by Gasteiger charge is -2.17. The van der Waals surface area contributed by atoms with Crippen LogP contribution in [0, 0.1) is 12.7 Å². The predicted molar refractivity (Wildman–Crippen MR) is 98.8 cm³/mol. The smallest absolute Gasteiger partial charge is 0.337 e. The van der Waals surface area contributed by atoms with E-state index in [0.717, 1.165) is 0 Å². The quantitative estimate of drug-likeness (QED) is 0.665. The Hall–Kier alpha value is -3.48. The van der Waals surface area contributed by atoms with Crippen molar-refractivity contribution < 1.29 is 23.8 Å². The number of hydrogen-bond donors (Lipinski definition) is 2. The second-order valence-electron chi connectivity index (χ2n) is 5.98. The van der Waals surface area contributed by atoms with Crippen LogP contribution in [0.3, 0.4) is 0 Å². The molecule has 0 radical (unpaired) electrons. The number of aromatic nitrogens is 1. The Bertz CT molecular complexity index is 1050. The molecule has 0 saturated heterocycles. The second-order valence-corrected chi connectivity index (χ2v) is 5.98. The third-order valence-electron chi connectivity index (χ3n) is 4.14. The number of nitrogens with zero attached hydrogens (tertiary/aromatic N) is 1. The molecular weight excluding hydrogens is 351 g/mol. The van der Waals surface area contributed by atoms with E-state index in [4.69, 9.17) is 4.74 Å². The minimum Gasteiger partial charge on any atom is -0.481 e. The maximum absolute atomic E-state index is 13.8. The highest BCUT2D eigenvalue weighted by Gasteiger charge is 2.17. The fraction of sp³-hybridized carbons (Fsp3) is 0.150. The normalized spacial score (nSPS) is 10.6. The topological polar surface area (TPSA) is 88.5 Å². The van der Waals surface area contributed by atoms with Crippen LogP contribution in [0.4, 0.5) is 15.8 Å². The van der Waals surface area contributed by atoms with E-state index in [0.29, 0.717) is 39.1 Å². The Morgan fingerprint density at radius 3 is 2.70 bits per heavy atom. The number of esters is 1. The molecule has 0 aliphatic carbocycles. The zero-order valence-electron chi connectivity index (χ0n) is 14.7. The maximum Gasteiger partial charge on any atom is 0.337 e. The molecule has 138 valence electrons. The summed E-state index contributed by atoms with van der Waals surface area (Å²) in [5, 5.41) is 12.9. The number of fused-ring (bicyclic) bond motifs is 1. The van der Waals surface area contributed by atoms with E-state index in [-0.39, 0.29) is 6.42 Å². The van der Waals surface area contributed by atoms with Crippen molar-refractivity contribution in [3.05, 3.63) is 65.1 Å². The van der Waals surface area contributed by atoms with Crippen molar-refractivity contribution in [3.63, 3.8) is 0 Å². The summed E-state index contributed by atoms with van der Waals surface area (Å²) in [7, 11) is 1.29. The molecule has 0 aliphatic rings. The zero-order valence-corrected chi connectivity index (χ0v) is 14.7. The van der Waals surface area contributed by atoms with E-state index in [2.05, 4.69) is 10.3 Å². The van der Waals surface area contributed by atoms with Crippen molar-refractivity contribution in [1.82, 2.24) is 4.98 Å². The van der Waals surface area contributed by atoms with Crippen LogP contribution in [0.25, 0.3) is 10.9 Å². The molecule has 6 nitrogen and oxygen atoms in total. The van der Waals surface area contributed by atoms with Crippen LogP contribution in [0.15, 0.2) is 42.5 Å². The van der Waals surface area contributed by atoms with Gasteiger partial charge < -0.3 is 15.2 Å². The first-order valence-electron chi connectivity index (χ1n) is 8.15. The largest absolute Gasteiger partial charge is 0.481 e. The minimum atomic E-state index is -1.03. The summed E-state index contributed by atoms with van der Waals surface area (Å²) in [6.07, 6.45) is -0.273. The van der Waals surface area contributed by atoms with E-state index in [1.165, 1.54) is 25.3 Å². The Labute approximate surface area is 154 Å². The first-order chi connectivity index (χ1) is 12.9. The molecule has 0 unspecified atom stereocenters. The van der Waals surface area contributed by atoms with E-state index in [1.807, 2.05) is 0 Å². The third kappa shape index (κ3) is 3.87. The number of pyridine rings is 1. The van der Waals surface area contributed by atoms with Crippen molar-refractivity contribution in [2.45, 2.75) is 13.3 Å². The van der Waals surface area contributed by atoms with Crippen molar-refractivity contribution in [1.29, 1.82) is 0 Å². The Kier molecular flexibility index (Phi) is 5.03. The molecular formula is C20H17FN2O4. The number of nitrogens with one attached hydrogen (secondary N) is 1. The number of carboxylic acids is 1. The molecule has 0 amide bonds. The summed E-state index contributed by atoms with van der Waals surface area (Å²) in [6, 6.07) is 10.7. The highest BCUT2D eigenvalue weighted by Crippen LogP contribution is 2.32. The third-order valence-corrected chi connectivity index (χ3v) is 4.14. The molecule has 0 saturated carbocycles. The molecule has 7 heteroatoms. The zero-order chi connectivity index (χ0) is 19.6. The first kappa shape index (κ1) is 18.3. The molecule has 0 aliphatic heterocycles. The second kappa shape index (κ2) is 7.41. The van der Waals surface area contributed by atoms with Gasteiger partial charge in [0.1, 0.15) is 5.82 Å². The van der Waals surface area contributed by atoms with Gasteiger partial charge in [0.15, 0.2) is 0 Å². The van der Waals surface area contributed by atoms with Crippen LogP contribution in [-0.2, 0) is 16.0 Å². The monoisotopic (exact) mass is 368 g/mol. The van der Waals surface area contributed by atoms with Gasteiger partial charge in [-0.1, -0.05) is 6.07 Å². The number of rotatable bonds is 5. The summed E-state index contributed by atoms with van der Waals surface area (Å²) < 4.78 is 18.6. The lowest BCUT2D eigenvalue weighted by molar-refractivity contribution is -0.136. The molecule has 0 fully saturated rings. The van der Waals surface area contributed by atoms with Gasteiger partial charge in [-0.3, -0.25) is 9.78 Å². The molecule has 0 atom stereocenters. The maximum atomic E-state index is 13.8. The number of carbonyl (C=O) groups is 2. The van der Waals surface area contributed by atoms with E-state index < -0.39 is 17.8 Å². The molecule has 3 rings (SSSR count). The number of ether oxygens (including phenoxy) is 1. The van der Waals surface area contributed by atoms with Crippen molar-refractivity contribution in [3.8, 4) is 0 Å². The van der Waals surface area contributed by atoms with Crippen LogP contribution in [-0.4, -0.2) is 29.1 Å². The molecule has 1 aromatic heterocycles. The van der Waals surface area contributed by atoms with Crippen LogP contribution in [0.5, 0.6) is 0 Å². The van der Waals surface area contributed by atoms with Gasteiger partial charge in [-0.25, -0.2) is 9.18 Å². The van der Waals surface area contributed by atoms with Crippen molar-refractivity contribution >= 4 is 34.2 Å². The fourth-order valence-corrected chi connectivity index (χ4v) is 2.89. The van der Waals surface area contributed by atoms with Crippen LogP contribution in [0.1, 0.15) is 21.6 Å². The van der Waals surface area contributed by atoms with Gasteiger partial charge in [0, 0.05) is 22.3 Å². The number of aryl methyl sites for hydroxylation is 1. The predicted octanol–water partition coefficient (Wildman–Crippen LogP) is 3.84.